The largest absolute Gasteiger partial charge is 0.507 e. The Hall–Kier alpha value is -3.59. The van der Waals surface area contributed by atoms with Crippen LogP contribution in [0.4, 0.5) is 5.13 Å². The summed E-state index contributed by atoms with van der Waals surface area (Å²) in [7, 11) is 0. The van der Waals surface area contributed by atoms with Crippen LogP contribution >= 0.6 is 11.3 Å². The Morgan fingerprint density at radius 1 is 1.19 bits per heavy atom. The van der Waals surface area contributed by atoms with Crippen molar-refractivity contribution in [3.63, 3.8) is 0 Å². The van der Waals surface area contributed by atoms with Crippen molar-refractivity contribution in [3.8, 4) is 5.75 Å². The van der Waals surface area contributed by atoms with Gasteiger partial charge in [-0.2, -0.15) is 0 Å². The number of carbonyl (C=O) groups excluding carboxylic acids is 2. The number of pyridine rings is 1. The van der Waals surface area contributed by atoms with E-state index in [9.17, 15) is 14.7 Å². The number of ketones is 1. The van der Waals surface area contributed by atoms with Gasteiger partial charge in [0.1, 0.15) is 16.5 Å². The van der Waals surface area contributed by atoms with Gasteiger partial charge in [-0.15, -0.1) is 10.2 Å². The lowest BCUT2D eigenvalue weighted by atomic mass is 9.96. The maximum absolute atomic E-state index is 13.0. The predicted octanol–water partition coefficient (Wildman–Crippen LogP) is 4.05. The number of Topliss-reactive ketones (excluding diaryl/α,β-unsaturated/α-hetero) is 1. The maximum Gasteiger partial charge on any atom is 0.301 e. The van der Waals surface area contributed by atoms with E-state index in [-0.39, 0.29) is 16.5 Å². The molecule has 0 aliphatic carbocycles. The fraction of sp³-hybridized carbons (Fsp3) is 0.261. The minimum Gasteiger partial charge on any atom is -0.507 e. The Kier molecular flexibility index (Phi) is 6.27. The number of unbranched alkanes of at least 4 members (excludes halogenated alkanes) is 1. The minimum atomic E-state index is -0.864. The van der Waals surface area contributed by atoms with E-state index in [1.54, 1.807) is 55.7 Å². The molecule has 1 amide bonds. The molecule has 1 saturated heterocycles. The molecule has 0 radical (unpaired) electrons. The normalized spacial score (nSPS) is 17.7. The monoisotopic (exact) mass is 450 g/mol. The molecule has 2 aromatic heterocycles. The van der Waals surface area contributed by atoms with Gasteiger partial charge in [-0.05, 0) is 49.2 Å². The summed E-state index contributed by atoms with van der Waals surface area (Å²) in [6.45, 7) is 4.46. The summed E-state index contributed by atoms with van der Waals surface area (Å²) in [6, 6.07) is 9.39. The first-order valence-electron chi connectivity index (χ1n) is 10.3. The van der Waals surface area contributed by atoms with Crippen LogP contribution in [0.25, 0.3) is 5.76 Å². The second kappa shape index (κ2) is 9.27. The third kappa shape index (κ3) is 4.11. The zero-order valence-corrected chi connectivity index (χ0v) is 18.5. The number of anilines is 1. The molecule has 1 atom stereocenters. The van der Waals surface area contributed by atoms with E-state index in [0.717, 1.165) is 12.8 Å². The predicted molar refractivity (Wildman–Crippen MR) is 121 cm³/mol. The number of aliphatic hydroxyl groups excluding tert-OH is 1. The van der Waals surface area contributed by atoms with Crippen LogP contribution in [-0.4, -0.2) is 38.6 Å². The molecule has 164 valence electrons. The fourth-order valence-electron chi connectivity index (χ4n) is 3.47. The summed E-state index contributed by atoms with van der Waals surface area (Å²) in [5, 5.41) is 20.1. The van der Waals surface area contributed by atoms with Gasteiger partial charge in [0.2, 0.25) is 5.13 Å². The van der Waals surface area contributed by atoms with Gasteiger partial charge in [0, 0.05) is 18.0 Å². The van der Waals surface area contributed by atoms with E-state index in [1.165, 1.54) is 16.2 Å². The Morgan fingerprint density at radius 2 is 1.97 bits per heavy atom. The van der Waals surface area contributed by atoms with Crippen LogP contribution in [0, 0.1) is 6.92 Å². The molecule has 32 heavy (non-hydrogen) atoms. The van der Waals surface area contributed by atoms with Crippen LogP contribution in [0.2, 0.25) is 0 Å². The molecule has 0 bridgehead atoms. The van der Waals surface area contributed by atoms with Crippen molar-refractivity contribution in [2.45, 2.75) is 32.7 Å². The molecule has 1 N–H and O–H groups in total. The number of hydrogen-bond acceptors (Lipinski definition) is 8. The van der Waals surface area contributed by atoms with Crippen LogP contribution in [0.5, 0.6) is 5.75 Å². The van der Waals surface area contributed by atoms with Crippen LogP contribution in [0.15, 0.2) is 54.4 Å². The number of rotatable bonds is 7. The number of carbonyl (C=O) groups is 2. The van der Waals surface area contributed by atoms with E-state index in [1.807, 2.05) is 0 Å². The number of hydrogen-bond donors (Lipinski definition) is 1. The number of benzene rings is 1. The molecule has 1 fully saturated rings. The van der Waals surface area contributed by atoms with Crippen molar-refractivity contribution < 1.29 is 19.4 Å². The summed E-state index contributed by atoms with van der Waals surface area (Å²) in [5.41, 5.74) is 0.976. The van der Waals surface area contributed by atoms with E-state index in [2.05, 4.69) is 22.1 Å². The summed E-state index contributed by atoms with van der Waals surface area (Å²) >= 11 is 1.20. The zero-order chi connectivity index (χ0) is 22.7. The van der Waals surface area contributed by atoms with Crippen LogP contribution in [0.1, 0.15) is 41.9 Å². The Labute approximate surface area is 189 Å². The maximum atomic E-state index is 13.0. The average Bonchev–Trinajstić information content (AvgIpc) is 3.35. The van der Waals surface area contributed by atoms with Crippen molar-refractivity contribution in [1.82, 2.24) is 15.2 Å². The highest BCUT2D eigenvalue weighted by atomic mass is 32.1. The number of aromatic nitrogens is 3. The number of aliphatic hydroxyl groups is 1. The minimum absolute atomic E-state index is 0.0181. The van der Waals surface area contributed by atoms with E-state index in [4.69, 9.17) is 4.74 Å². The second-order valence-corrected chi connectivity index (χ2v) is 8.45. The van der Waals surface area contributed by atoms with Crippen LogP contribution in [-0.2, 0) is 9.59 Å². The molecule has 0 saturated carbocycles. The molecule has 4 rings (SSSR count). The van der Waals surface area contributed by atoms with Gasteiger partial charge < -0.3 is 9.84 Å². The lowest BCUT2D eigenvalue weighted by Crippen LogP contribution is -2.29. The first kappa shape index (κ1) is 21.6. The Balaban J connectivity index is 1.77. The first-order valence-corrected chi connectivity index (χ1v) is 11.1. The summed E-state index contributed by atoms with van der Waals surface area (Å²) in [4.78, 5) is 31.4. The number of amides is 1. The van der Waals surface area contributed by atoms with Crippen molar-refractivity contribution in [2.75, 3.05) is 11.5 Å². The highest BCUT2D eigenvalue weighted by Crippen LogP contribution is 2.42. The van der Waals surface area contributed by atoms with Crippen molar-refractivity contribution in [2.24, 2.45) is 0 Å². The average molecular weight is 451 g/mol. The smallest absolute Gasteiger partial charge is 0.301 e. The Morgan fingerprint density at radius 3 is 2.59 bits per heavy atom. The van der Waals surface area contributed by atoms with Gasteiger partial charge in [0.05, 0.1) is 18.2 Å². The van der Waals surface area contributed by atoms with E-state index >= 15 is 0 Å². The standard InChI is InChI=1S/C23H22N4O4S/c1-3-4-12-31-17-9-7-15(8-10-17)20(28)18-19(16-6-5-11-24-13-16)27(22(30)21(18)29)23-26-25-14(2)32-23/h5-11,13,19,28H,3-4,12H2,1-2H3. The fourth-order valence-corrected chi connectivity index (χ4v) is 4.18. The van der Waals surface area contributed by atoms with Gasteiger partial charge >= 0.3 is 5.91 Å². The van der Waals surface area contributed by atoms with Gasteiger partial charge in [-0.25, -0.2) is 0 Å². The highest BCUT2D eigenvalue weighted by Gasteiger charge is 2.48. The lowest BCUT2D eigenvalue weighted by Gasteiger charge is -2.22. The van der Waals surface area contributed by atoms with Gasteiger partial charge in [-0.3, -0.25) is 19.5 Å². The molecule has 3 aromatic rings. The molecule has 3 heterocycles. The molecular formula is C23H22N4O4S. The van der Waals surface area contributed by atoms with Crippen LogP contribution < -0.4 is 9.64 Å². The number of aryl methyl sites for hydroxylation is 1. The van der Waals surface area contributed by atoms with Crippen LogP contribution in [0.3, 0.4) is 0 Å². The Bertz CT molecular complexity index is 1160. The summed E-state index contributed by atoms with van der Waals surface area (Å²) in [5.74, 6) is -1.15. The van der Waals surface area contributed by atoms with E-state index < -0.39 is 17.7 Å². The molecule has 0 spiro atoms. The van der Waals surface area contributed by atoms with Gasteiger partial charge in [0.15, 0.2) is 0 Å². The van der Waals surface area contributed by atoms with E-state index in [0.29, 0.717) is 28.5 Å². The molecule has 1 aliphatic heterocycles. The highest BCUT2D eigenvalue weighted by molar-refractivity contribution is 7.15. The van der Waals surface area contributed by atoms with Crippen molar-refractivity contribution >= 4 is 33.9 Å². The summed E-state index contributed by atoms with van der Waals surface area (Å²) < 4.78 is 5.66. The first-order chi connectivity index (χ1) is 15.5. The lowest BCUT2D eigenvalue weighted by molar-refractivity contribution is -0.132. The number of ether oxygens (including phenoxy) is 1. The molecule has 8 nitrogen and oxygen atoms in total. The topological polar surface area (TPSA) is 106 Å². The molecule has 1 unspecified atom stereocenters. The molecular weight excluding hydrogens is 428 g/mol. The van der Waals surface area contributed by atoms with Crippen molar-refractivity contribution in [1.29, 1.82) is 0 Å². The van der Waals surface area contributed by atoms with Crippen molar-refractivity contribution in [3.05, 3.63) is 70.5 Å². The zero-order valence-electron chi connectivity index (χ0n) is 17.7. The quantitative estimate of drug-likeness (QED) is 0.251. The van der Waals surface area contributed by atoms with Gasteiger partial charge in [0.25, 0.3) is 5.78 Å². The third-order valence-corrected chi connectivity index (χ3v) is 5.90. The SMILES string of the molecule is CCCCOc1ccc(C(O)=C2C(=O)C(=O)N(c3nnc(C)s3)C2c2cccnc2)cc1. The van der Waals surface area contributed by atoms with Gasteiger partial charge in [-0.1, -0.05) is 30.7 Å². The third-order valence-electron chi connectivity index (χ3n) is 5.06. The second-order valence-electron chi connectivity index (χ2n) is 7.29. The summed E-state index contributed by atoms with van der Waals surface area (Å²) in [6.07, 6.45) is 5.14. The molecule has 1 aromatic carbocycles. The molecule has 9 heteroatoms. The molecule has 1 aliphatic rings. The number of nitrogens with zero attached hydrogens (tertiary/aromatic N) is 4.